The Morgan fingerprint density at radius 2 is 2.19 bits per heavy atom. The summed E-state index contributed by atoms with van der Waals surface area (Å²) in [6.07, 6.45) is 3.37. The van der Waals surface area contributed by atoms with Gasteiger partial charge in [0.05, 0.1) is 22.8 Å². The Balaban J connectivity index is 1.43. The molecular weight excluding hydrogens is 422 g/mol. The van der Waals surface area contributed by atoms with E-state index in [0.29, 0.717) is 37.2 Å². The number of furan rings is 1. The van der Waals surface area contributed by atoms with Gasteiger partial charge in [0.15, 0.2) is 6.61 Å². The van der Waals surface area contributed by atoms with Gasteiger partial charge in [-0.25, -0.2) is 8.42 Å². The van der Waals surface area contributed by atoms with E-state index >= 15 is 0 Å². The van der Waals surface area contributed by atoms with Gasteiger partial charge < -0.3 is 19.8 Å². The van der Waals surface area contributed by atoms with Crippen molar-refractivity contribution in [1.82, 2.24) is 9.62 Å². The summed E-state index contributed by atoms with van der Waals surface area (Å²) in [4.78, 5) is 24.4. The van der Waals surface area contributed by atoms with Crippen LogP contribution in [0.5, 0.6) is 5.75 Å². The van der Waals surface area contributed by atoms with Gasteiger partial charge >= 0.3 is 0 Å². The van der Waals surface area contributed by atoms with E-state index in [4.69, 9.17) is 9.15 Å². The maximum atomic E-state index is 13.2. The van der Waals surface area contributed by atoms with Crippen LogP contribution in [0.2, 0.25) is 0 Å². The lowest BCUT2D eigenvalue weighted by molar-refractivity contribution is -0.126. The van der Waals surface area contributed by atoms with E-state index < -0.39 is 15.9 Å². The molecule has 0 saturated carbocycles. The third-order valence-corrected chi connectivity index (χ3v) is 7.31. The van der Waals surface area contributed by atoms with Crippen LogP contribution in [0.15, 0.2) is 45.9 Å². The van der Waals surface area contributed by atoms with E-state index in [-0.39, 0.29) is 35.9 Å². The highest BCUT2D eigenvalue weighted by Gasteiger charge is 2.34. The minimum absolute atomic E-state index is 0.0595. The fraction of sp³-hybridized carbons (Fsp3) is 0.429. The number of piperidine rings is 1. The van der Waals surface area contributed by atoms with Crippen molar-refractivity contribution >= 4 is 27.5 Å². The molecule has 31 heavy (non-hydrogen) atoms. The first kappa shape index (κ1) is 21.4. The van der Waals surface area contributed by atoms with E-state index in [1.165, 1.54) is 22.5 Å². The molecule has 0 aliphatic carbocycles. The number of hydrogen-bond donors (Lipinski definition) is 2. The highest BCUT2D eigenvalue weighted by atomic mass is 32.2. The van der Waals surface area contributed by atoms with Gasteiger partial charge in [-0.1, -0.05) is 0 Å². The molecule has 2 amide bonds. The Bertz CT molecular complexity index is 1070. The van der Waals surface area contributed by atoms with Crippen molar-refractivity contribution in [3.63, 3.8) is 0 Å². The largest absolute Gasteiger partial charge is 0.482 e. The second-order valence-electron chi connectivity index (χ2n) is 7.89. The van der Waals surface area contributed by atoms with Gasteiger partial charge in [0.25, 0.3) is 5.91 Å². The zero-order valence-electron chi connectivity index (χ0n) is 17.2. The maximum absolute atomic E-state index is 13.2. The van der Waals surface area contributed by atoms with E-state index in [1.54, 1.807) is 12.3 Å². The molecule has 2 atom stereocenters. The van der Waals surface area contributed by atoms with Crippen LogP contribution < -0.4 is 15.4 Å². The molecule has 10 heteroatoms. The number of carbonyl (C=O) groups is 2. The highest BCUT2D eigenvalue weighted by Crippen LogP contribution is 2.32. The van der Waals surface area contributed by atoms with Gasteiger partial charge in [0, 0.05) is 25.6 Å². The van der Waals surface area contributed by atoms with Gasteiger partial charge in [-0.3, -0.25) is 9.59 Å². The van der Waals surface area contributed by atoms with E-state index in [2.05, 4.69) is 10.6 Å². The lowest BCUT2D eigenvalue weighted by Gasteiger charge is -2.32. The summed E-state index contributed by atoms with van der Waals surface area (Å²) in [6.45, 7) is 2.25. The van der Waals surface area contributed by atoms with Gasteiger partial charge in [-0.2, -0.15) is 4.31 Å². The summed E-state index contributed by atoms with van der Waals surface area (Å²) >= 11 is 0. The first-order valence-electron chi connectivity index (χ1n) is 10.2. The molecular formula is C21H25N3O6S. The van der Waals surface area contributed by atoms with Crippen LogP contribution >= 0.6 is 0 Å². The van der Waals surface area contributed by atoms with Crippen molar-refractivity contribution in [2.75, 3.05) is 25.0 Å². The molecule has 0 bridgehead atoms. The molecule has 0 radical (unpaired) electrons. The van der Waals surface area contributed by atoms with Gasteiger partial charge in [-0.05, 0) is 50.1 Å². The molecule has 1 saturated heterocycles. The van der Waals surface area contributed by atoms with Crippen molar-refractivity contribution < 1.29 is 27.2 Å². The summed E-state index contributed by atoms with van der Waals surface area (Å²) in [7, 11) is -3.82. The maximum Gasteiger partial charge on any atom is 0.262 e. The van der Waals surface area contributed by atoms with Gasteiger partial charge in [-0.15, -0.1) is 0 Å². The predicted molar refractivity (Wildman–Crippen MR) is 112 cm³/mol. The van der Waals surface area contributed by atoms with Crippen molar-refractivity contribution in [2.45, 2.75) is 37.1 Å². The molecule has 9 nitrogen and oxygen atoms in total. The van der Waals surface area contributed by atoms with Crippen molar-refractivity contribution in [2.24, 2.45) is 5.92 Å². The number of ether oxygens (including phenoxy) is 1. The number of amides is 2. The first-order chi connectivity index (χ1) is 14.8. The molecule has 3 heterocycles. The molecule has 4 rings (SSSR count). The highest BCUT2D eigenvalue weighted by molar-refractivity contribution is 7.89. The van der Waals surface area contributed by atoms with Gasteiger partial charge in [0.2, 0.25) is 15.9 Å². The topological polar surface area (TPSA) is 118 Å². The van der Waals surface area contributed by atoms with Crippen LogP contribution in [-0.4, -0.2) is 50.3 Å². The lowest BCUT2D eigenvalue weighted by atomic mass is 9.98. The summed E-state index contributed by atoms with van der Waals surface area (Å²) in [5.74, 6) is 0.290. The van der Waals surface area contributed by atoms with Crippen molar-refractivity contribution in [1.29, 1.82) is 0 Å². The van der Waals surface area contributed by atoms with E-state index in [1.807, 2.05) is 13.0 Å². The zero-order valence-corrected chi connectivity index (χ0v) is 18.0. The molecule has 1 fully saturated rings. The number of rotatable bonds is 6. The normalized spacial score (nSPS) is 20.3. The fourth-order valence-corrected chi connectivity index (χ4v) is 5.44. The van der Waals surface area contributed by atoms with Crippen LogP contribution in [0.3, 0.4) is 0 Å². The number of nitrogens with zero attached hydrogens (tertiary/aromatic N) is 1. The molecule has 2 aromatic rings. The molecule has 2 aliphatic rings. The number of nitrogens with one attached hydrogen (secondary N) is 2. The molecule has 166 valence electrons. The zero-order chi connectivity index (χ0) is 22.0. The van der Waals surface area contributed by atoms with Crippen molar-refractivity contribution in [3.8, 4) is 5.75 Å². The first-order valence-corrected chi connectivity index (χ1v) is 11.7. The van der Waals surface area contributed by atoms with E-state index in [9.17, 15) is 18.0 Å². The summed E-state index contributed by atoms with van der Waals surface area (Å²) in [5.41, 5.74) is 0.329. The molecule has 1 aromatic carbocycles. The Kier molecular flexibility index (Phi) is 6.01. The average Bonchev–Trinajstić information content (AvgIpc) is 3.26. The number of fused-ring (bicyclic) bond motifs is 1. The van der Waals surface area contributed by atoms with Crippen LogP contribution in [0.1, 0.15) is 25.5 Å². The van der Waals surface area contributed by atoms with Crippen LogP contribution in [0.4, 0.5) is 5.69 Å². The Labute approximate surface area is 180 Å². The third-order valence-electron chi connectivity index (χ3n) is 5.45. The third kappa shape index (κ3) is 4.75. The monoisotopic (exact) mass is 447 g/mol. The minimum atomic E-state index is -3.82. The summed E-state index contributed by atoms with van der Waals surface area (Å²) < 4.78 is 38.3. The lowest BCUT2D eigenvalue weighted by Crippen LogP contribution is -2.47. The molecule has 2 N–H and O–H groups in total. The number of benzene rings is 1. The number of sulfonamides is 1. The second kappa shape index (κ2) is 8.72. The van der Waals surface area contributed by atoms with E-state index in [0.717, 1.165) is 5.76 Å². The molecule has 1 aromatic heterocycles. The Hall–Kier alpha value is -2.85. The smallest absolute Gasteiger partial charge is 0.262 e. The number of hydrogen-bond acceptors (Lipinski definition) is 6. The molecule has 2 aliphatic heterocycles. The van der Waals surface area contributed by atoms with Gasteiger partial charge in [0.1, 0.15) is 11.5 Å². The standard InChI is InChI=1S/C21H25N3O6S/c1-14(10-16-5-3-9-29-16)22-21(26)15-4-2-8-24(12-15)31(27,28)17-6-7-19-18(11-17)23-20(25)13-30-19/h3,5-7,9,11,14-15H,2,4,8,10,12-13H2,1H3,(H,22,26)(H,23,25)/t14-,15-/m1/s1. The number of carbonyl (C=O) groups excluding carboxylic acids is 2. The van der Waals surface area contributed by atoms with Crippen LogP contribution in [0, 0.1) is 5.92 Å². The second-order valence-corrected chi connectivity index (χ2v) is 9.83. The SMILES string of the molecule is C[C@H](Cc1ccco1)NC(=O)[C@@H]1CCCN(S(=O)(=O)c2ccc3c(c2)NC(=O)CO3)C1. The molecule has 0 unspecified atom stereocenters. The summed E-state index contributed by atoms with van der Waals surface area (Å²) in [5, 5.41) is 5.58. The summed E-state index contributed by atoms with van der Waals surface area (Å²) in [6, 6.07) is 7.91. The Morgan fingerprint density at radius 1 is 1.35 bits per heavy atom. The quantitative estimate of drug-likeness (QED) is 0.697. The molecule has 0 spiro atoms. The van der Waals surface area contributed by atoms with Crippen LogP contribution in [-0.2, 0) is 26.0 Å². The average molecular weight is 448 g/mol. The number of anilines is 1. The fourth-order valence-electron chi connectivity index (χ4n) is 3.89. The predicted octanol–water partition coefficient (Wildman–Crippen LogP) is 1.76. The van der Waals surface area contributed by atoms with Crippen LogP contribution in [0.25, 0.3) is 0 Å². The van der Waals surface area contributed by atoms with Crippen molar-refractivity contribution in [3.05, 3.63) is 42.4 Å². The minimum Gasteiger partial charge on any atom is -0.482 e. The Morgan fingerprint density at radius 3 is 2.97 bits per heavy atom.